The fourth-order valence-corrected chi connectivity index (χ4v) is 4.83. The third-order valence-corrected chi connectivity index (χ3v) is 6.02. The average Bonchev–Trinajstić information content (AvgIpc) is 3.06. The molecule has 0 spiro atoms. The molecule has 1 aliphatic heterocycles. The SMILES string of the molecule is Cc1cc(C)cc(-n2c(O)c([C@@H]3NCCc4c3[nH]c3ccccc43)c(=O)[nH]c2=S)c1. The molecule has 7 heteroatoms. The predicted molar refractivity (Wildman–Crippen MR) is 120 cm³/mol. The van der Waals surface area contributed by atoms with Crippen LogP contribution in [0.4, 0.5) is 0 Å². The first-order valence-corrected chi connectivity index (χ1v) is 10.3. The maximum absolute atomic E-state index is 13.0. The molecule has 1 aliphatic rings. The lowest BCUT2D eigenvalue weighted by Gasteiger charge is -2.25. The lowest BCUT2D eigenvalue weighted by molar-refractivity contribution is 0.412. The van der Waals surface area contributed by atoms with E-state index >= 15 is 0 Å². The van der Waals surface area contributed by atoms with Gasteiger partial charge in [0, 0.05) is 23.1 Å². The highest BCUT2D eigenvalue weighted by atomic mass is 32.1. The minimum absolute atomic E-state index is 0.141. The molecule has 0 saturated heterocycles. The monoisotopic (exact) mass is 418 g/mol. The second-order valence-corrected chi connectivity index (χ2v) is 8.26. The smallest absolute Gasteiger partial charge is 0.260 e. The number of aromatic hydroxyl groups is 1. The Kier molecular flexibility index (Phi) is 4.38. The van der Waals surface area contributed by atoms with Crippen LogP contribution in [0, 0.1) is 18.6 Å². The Hall–Kier alpha value is -3.16. The molecule has 2 aromatic carbocycles. The number of hydrogen-bond acceptors (Lipinski definition) is 4. The summed E-state index contributed by atoms with van der Waals surface area (Å²) < 4.78 is 1.70. The van der Waals surface area contributed by atoms with E-state index in [1.807, 2.05) is 44.2 Å². The Labute approximate surface area is 178 Å². The normalized spacial score (nSPS) is 16.0. The highest BCUT2D eigenvalue weighted by Gasteiger charge is 2.30. The van der Waals surface area contributed by atoms with E-state index in [1.54, 1.807) is 0 Å². The van der Waals surface area contributed by atoms with Crippen molar-refractivity contribution in [3.63, 3.8) is 0 Å². The largest absolute Gasteiger partial charge is 0.494 e. The van der Waals surface area contributed by atoms with Crippen molar-refractivity contribution >= 4 is 23.1 Å². The zero-order chi connectivity index (χ0) is 21.0. The van der Waals surface area contributed by atoms with Crippen LogP contribution in [0.15, 0.2) is 47.3 Å². The first-order chi connectivity index (χ1) is 14.4. The molecule has 3 heterocycles. The van der Waals surface area contributed by atoms with Gasteiger partial charge in [0.2, 0.25) is 5.88 Å². The van der Waals surface area contributed by atoms with Gasteiger partial charge in [-0.3, -0.25) is 14.3 Å². The van der Waals surface area contributed by atoms with E-state index in [0.717, 1.165) is 39.8 Å². The Morgan fingerprint density at radius 3 is 2.60 bits per heavy atom. The first kappa shape index (κ1) is 18.8. The van der Waals surface area contributed by atoms with E-state index in [9.17, 15) is 9.90 Å². The minimum Gasteiger partial charge on any atom is -0.494 e. The summed E-state index contributed by atoms with van der Waals surface area (Å²) in [6, 6.07) is 13.6. The van der Waals surface area contributed by atoms with Gasteiger partial charge in [-0.05, 0) is 67.4 Å². The van der Waals surface area contributed by atoms with E-state index in [2.05, 4.69) is 27.4 Å². The minimum atomic E-state index is -0.461. The Morgan fingerprint density at radius 2 is 1.83 bits per heavy atom. The molecular weight excluding hydrogens is 396 g/mol. The van der Waals surface area contributed by atoms with Gasteiger partial charge in [0.05, 0.1) is 11.7 Å². The van der Waals surface area contributed by atoms with Crippen LogP contribution in [0.25, 0.3) is 16.6 Å². The highest BCUT2D eigenvalue weighted by molar-refractivity contribution is 7.71. The molecule has 1 atom stereocenters. The molecule has 152 valence electrons. The third kappa shape index (κ3) is 2.89. The molecule has 0 amide bonds. The number of aromatic nitrogens is 3. The number of benzene rings is 2. The molecule has 4 N–H and O–H groups in total. The van der Waals surface area contributed by atoms with E-state index in [4.69, 9.17) is 12.2 Å². The van der Waals surface area contributed by atoms with Crippen molar-refractivity contribution in [3.8, 4) is 11.6 Å². The third-order valence-electron chi connectivity index (χ3n) is 5.73. The van der Waals surface area contributed by atoms with E-state index < -0.39 is 6.04 Å². The summed E-state index contributed by atoms with van der Waals surface area (Å²) in [5.74, 6) is -0.141. The molecule has 4 aromatic rings. The highest BCUT2D eigenvalue weighted by Crippen LogP contribution is 2.35. The van der Waals surface area contributed by atoms with Crippen molar-refractivity contribution in [2.45, 2.75) is 26.3 Å². The number of H-pyrrole nitrogens is 2. The van der Waals surface area contributed by atoms with Gasteiger partial charge < -0.3 is 15.4 Å². The predicted octanol–water partition coefficient (Wildman–Crippen LogP) is 3.93. The van der Waals surface area contributed by atoms with Gasteiger partial charge in [-0.2, -0.15) is 0 Å². The van der Waals surface area contributed by atoms with Crippen LogP contribution in [-0.4, -0.2) is 26.2 Å². The summed E-state index contributed by atoms with van der Waals surface area (Å²) in [4.78, 5) is 19.2. The van der Waals surface area contributed by atoms with Crippen molar-refractivity contribution in [1.82, 2.24) is 19.9 Å². The van der Waals surface area contributed by atoms with Crippen LogP contribution < -0.4 is 10.9 Å². The number of hydrogen-bond donors (Lipinski definition) is 4. The van der Waals surface area contributed by atoms with Crippen LogP contribution >= 0.6 is 12.2 Å². The van der Waals surface area contributed by atoms with Crippen molar-refractivity contribution in [3.05, 3.63) is 85.5 Å². The number of fused-ring (bicyclic) bond motifs is 3. The lowest BCUT2D eigenvalue weighted by atomic mass is 9.95. The fourth-order valence-electron chi connectivity index (χ4n) is 4.54. The second kappa shape index (κ2) is 6.97. The molecule has 0 unspecified atom stereocenters. The number of nitrogens with zero attached hydrogens (tertiary/aromatic N) is 1. The van der Waals surface area contributed by atoms with Gasteiger partial charge in [0.1, 0.15) is 5.56 Å². The number of aromatic amines is 2. The summed E-state index contributed by atoms with van der Waals surface area (Å²) >= 11 is 5.41. The number of rotatable bonds is 2. The molecule has 0 aliphatic carbocycles. The van der Waals surface area contributed by atoms with Crippen LogP contribution in [0.3, 0.4) is 0 Å². The molecule has 0 saturated carbocycles. The number of para-hydroxylation sites is 1. The molecular formula is C23H22N4O2S. The van der Waals surface area contributed by atoms with Gasteiger partial charge >= 0.3 is 0 Å². The van der Waals surface area contributed by atoms with Crippen LogP contribution in [-0.2, 0) is 6.42 Å². The van der Waals surface area contributed by atoms with E-state index in [0.29, 0.717) is 6.54 Å². The van der Waals surface area contributed by atoms with Crippen LogP contribution in [0.2, 0.25) is 0 Å². The van der Waals surface area contributed by atoms with Gasteiger partial charge in [-0.25, -0.2) is 0 Å². The quantitative estimate of drug-likeness (QED) is 0.372. The number of aryl methyl sites for hydroxylation is 2. The van der Waals surface area contributed by atoms with E-state index in [-0.39, 0.29) is 21.8 Å². The molecule has 0 bridgehead atoms. The molecule has 6 nitrogen and oxygen atoms in total. The lowest BCUT2D eigenvalue weighted by Crippen LogP contribution is -2.35. The summed E-state index contributed by atoms with van der Waals surface area (Å²) in [6.45, 7) is 4.68. The van der Waals surface area contributed by atoms with Gasteiger partial charge in [0.25, 0.3) is 5.56 Å². The molecule has 5 rings (SSSR count). The first-order valence-electron chi connectivity index (χ1n) is 9.94. The molecule has 0 radical (unpaired) electrons. The fraction of sp³-hybridized carbons (Fsp3) is 0.217. The Bertz CT molecular complexity index is 1390. The van der Waals surface area contributed by atoms with Gasteiger partial charge in [-0.15, -0.1) is 0 Å². The average molecular weight is 419 g/mol. The van der Waals surface area contributed by atoms with Gasteiger partial charge in [0.15, 0.2) is 4.77 Å². The zero-order valence-electron chi connectivity index (χ0n) is 16.7. The number of nitrogens with one attached hydrogen (secondary N) is 3. The Morgan fingerprint density at radius 1 is 1.10 bits per heavy atom. The van der Waals surface area contributed by atoms with E-state index in [1.165, 1.54) is 10.1 Å². The van der Waals surface area contributed by atoms with Crippen molar-refractivity contribution < 1.29 is 5.11 Å². The maximum atomic E-state index is 13.0. The standard InChI is InChI=1S/C23H22N4O2S/c1-12-9-13(2)11-14(10-12)27-22(29)18(21(28)26-23(27)30)20-19-16(7-8-24-20)15-5-3-4-6-17(15)25-19/h3-6,9-11,20,24-25,29H,7-8H2,1-2H3,(H,26,28,30)/t20-/m0/s1. The molecule has 30 heavy (non-hydrogen) atoms. The second-order valence-electron chi connectivity index (χ2n) is 7.88. The summed E-state index contributed by atoms with van der Waals surface area (Å²) in [6.07, 6.45) is 0.852. The Balaban J connectivity index is 1.76. The zero-order valence-corrected chi connectivity index (χ0v) is 17.6. The van der Waals surface area contributed by atoms with Crippen molar-refractivity contribution in [2.24, 2.45) is 0 Å². The van der Waals surface area contributed by atoms with Crippen molar-refractivity contribution in [1.29, 1.82) is 0 Å². The topological polar surface area (TPSA) is 85.8 Å². The maximum Gasteiger partial charge on any atom is 0.260 e. The summed E-state index contributed by atoms with van der Waals surface area (Å²) in [5.41, 5.74) is 5.80. The summed E-state index contributed by atoms with van der Waals surface area (Å²) in [7, 11) is 0. The molecule has 0 fully saturated rings. The van der Waals surface area contributed by atoms with Crippen LogP contribution in [0.1, 0.15) is 34.0 Å². The summed E-state index contributed by atoms with van der Waals surface area (Å²) in [5, 5.41) is 15.8. The van der Waals surface area contributed by atoms with Crippen LogP contribution in [0.5, 0.6) is 5.88 Å². The van der Waals surface area contributed by atoms with Gasteiger partial charge in [-0.1, -0.05) is 24.3 Å². The molecule has 2 aromatic heterocycles. The van der Waals surface area contributed by atoms with Crippen molar-refractivity contribution in [2.75, 3.05) is 6.54 Å².